The Balaban J connectivity index is 2.01. The van der Waals surface area contributed by atoms with E-state index in [9.17, 15) is 5.02 Å². The van der Waals surface area contributed by atoms with Crippen molar-refractivity contribution >= 4 is 13.2 Å². The van der Waals surface area contributed by atoms with Crippen molar-refractivity contribution in [3.63, 3.8) is 0 Å². The van der Waals surface area contributed by atoms with Crippen LogP contribution in [0.4, 0.5) is 0 Å². The largest absolute Gasteiger partial charge is 0.483 e. The van der Waals surface area contributed by atoms with Crippen LogP contribution >= 0.6 is 0 Å². The van der Waals surface area contributed by atoms with E-state index in [1.54, 1.807) is 5.98 Å². The summed E-state index contributed by atoms with van der Waals surface area (Å²) >= 11 is 0. The van der Waals surface area contributed by atoms with E-state index in [0.717, 1.165) is 12.0 Å². The summed E-state index contributed by atoms with van der Waals surface area (Å²) in [5.41, 5.74) is 2.31. The van der Waals surface area contributed by atoms with Gasteiger partial charge in [-0.1, -0.05) is 54.0 Å². The molecule has 1 heterocycles. The highest BCUT2D eigenvalue weighted by molar-refractivity contribution is 6.49. The van der Waals surface area contributed by atoms with Gasteiger partial charge in [0.2, 0.25) is 0 Å². The first-order valence-electron chi connectivity index (χ1n) is 5.48. The highest BCUT2D eigenvalue weighted by Gasteiger charge is 2.21. The molecule has 1 unspecified atom stereocenters. The lowest BCUT2D eigenvalue weighted by Crippen LogP contribution is -2.27. The number of hydrogen-bond donors (Lipinski definition) is 1. The zero-order chi connectivity index (χ0) is 11.4. The van der Waals surface area contributed by atoms with Crippen molar-refractivity contribution in [2.75, 3.05) is 0 Å². The molecule has 0 amide bonds. The van der Waals surface area contributed by atoms with Crippen LogP contribution in [0.1, 0.15) is 18.9 Å². The third kappa shape index (κ3) is 3.09. The predicted octanol–water partition coefficient (Wildman–Crippen LogP) is 2.45. The molecule has 1 atom stereocenters. The van der Waals surface area contributed by atoms with E-state index in [0.29, 0.717) is 0 Å². The van der Waals surface area contributed by atoms with Crippen molar-refractivity contribution in [1.29, 1.82) is 0 Å². The molecule has 82 valence electrons. The molecule has 0 aliphatic carbocycles. The van der Waals surface area contributed by atoms with Crippen molar-refractivity contribution in [2.45, 2.75) is 19.4 Å². The quantitative estimate of drug-likeness (QED) is 0.766. The fourth-order valence-electron chi connectivity index (χ4n) is 1.79. The van der Waals surface area contributed by atoms with Gasteiger partial charge in [-0.15, -0.1) is 0 Å². The molecule has 0 radical (unpaired) electrons. The van der Waals surface area contributed by atoms with Crippen molar-refractivity contribution < 1.29 is 9.68 Å². The van der Waals surface area contributed by atoms with E-state index in [4.69, 9.17) is 4.65 Å². The second kappa shape index (κ2) is 5.15. The molecule has 0 bridgehead atoms. The minimum absolute atomic E-state index is 0.0276. The molecule has 3 heteroatoms. The van der Waals surface area contributed by atoms with E-state index in [-0.39, 0.29) is 6.10 Å². The molecule has 2 nitrogen and oxygen atoms in total. The van der Waals surface area contributed by atoms with Gasteiger partial charge in [0.1, 0.15) is 0 Å². The predicted molar refractivity (Wildman–Crippen MR) is 66.7 cm³/mol. The Morgan fingerprint density at radius 3 is 2.81 bits per heavy atom. The third-order valence-electron chi connectivity index (χ3n) is 2.57. The summed E-state index contributed by atoms with van der Waals surface area (Å²) in [4.78, 5) is 0. The second-order valence-corrected chi connectivity index (χ2v) is 4.05. The van der Waals surface area contributed by atoms with Gasteiger partial charge in [0.05, 0.1) is 6.10 Å². The lowest BCUT2D eigenvalue weighted by molar-refractivity contribution is 0.206. The fraction of sp³-hybridized carbons (Fsp3) is 0.231. The molecule has 1 aliphatic heterocycles. The molecular formula is C13H15BO2. The summed E-state index contributed by atoms with van der Waals surface area (Å²) < 4.78 is 5.37. The number of hydrogen-bond acceptors (Lipinski definition) is 2. The van der Waals surface area contributed by atoms with E-state index >= 15 is 0 Å². The summed E-state index contributed by atoms with van der Waals surface area (Å²) in [5, 5.41) is 9.41. The topological polar surface area (TPSA) is 29.5 Å². The Bertz CT molecular complexity index is 398. The van der Waals surface area contributed by atoms with Gasteiger partial charge < -0.3 is 9.68 Å². The minimum atomic E-state index is -0.765. The molecule has 2 rings (SSSR count). The molecule has 0 saturated carbocycles. The van der Waals surface area contributed by atoms with Crippen molar-refractivity contribution in [2.24, 2.45) is 0 Å². The van der Waals surface area contributed by atoms with Crippen LogP contribution in [0.25, 0.3) is 6.08 Å². The summed E-state index contributed by atoms with van der Waals surface area (Å²) in [7, 11) is -0.765. The summed E-state index contributed by atoms with van der Waals surface area (Å²) in [6, 6.07) is 10.1. The van der Waals surface area contributed by atoms with Gasteiger partial charge in [0.25, 0.3) is 0 Å². The van der Waals surface area contributed by atoms with Crippen LogP contribution in [0.5, 0.6) is 0 Å². The normalized spacial score (nSPS) is 21.2. The number of benzene rings is 1. The zero-order valence-electron chi connectivity index (χ0n) is 9.34. The second-order valence-electron chi connectivity index (χ2n) is 4.05. The van der Waals surface area contributed by atoms with E-state index in [1.165, 1.54) is 5.57 Å². The summed E-state index contributed by atoms with van der Waals surface area (Å²) in [5.74, 6) is 1.74. The van der Waals surface area contributed by atoms with Crippen LogP contribution < -0.4 is 0 Å². The van der Waals surface area contributed by atoms with Gasteiger partial charge in [-0.3, -0.25) is 0 Å². The maximum absolute atomic E-state index is 9.41. The molecule has 1 aromatic rings. The fourth-order valence-corrected chi connectivity index (χ4v) is 1.79. The van der Waals surface area contributed by atoms with Crippen LogP contribution in [0, 0.1) is 0 Å². The van der Waals surface area contributed by atoms with Gasteiger partial charge in [0.15, 0.2) is 0 Å². The average molecular weight is 214 g/mol. The maximum Gasteiger partial charge on any atom is 0.483 e. The Morgan fingerprint density at radius 1 is 1.38 bits per heavy atom. The maximum atomic E-state index is 9.41. The molecule has 1 aromatic carbocycles. The van der Waals surface area contributed by atoms with Crippen LogP contribution in [0.3, 0.4) is 0 Å². The Labute approximate surface area is 96.4 Å². The smallest absolute Gasteiger partial charge is 0.423 e. The molecule has 0 aromatic heterocycles. The average Bonchev–Trinajstić information content (AvgIpc) is 2.27. The van der Waals surface area contributed by atoms with Gasteiger partial charge >= 0.3 is 7.12 Å². The molecule has 16 heavy (non-hydrogen) atoms. The van der Waals surface area contributed by atoms with E-state index < -0.39 is 7.12 Å². The zero-order valence-corrected chi connectivity index (χ0v) is 9.34. The van der Waals surface area contributed by atoms with Crippen molar-refractivity contribution in [3.8, 4) is 0 Å². The van der Waals surface area contributed by atoms with Gasteiger partial charge in [-0.05, 0) is 18.9 Å². The summed E-state index contributed by atoms with van der Waals surface area (Å²) in [6.45, 7) is 2.01. The van der Waals surface area contributed by atoms with Crippen LogP contribution in [-0.2, 0) is 4.65 Å². The van der Waals surface area contributed by atoms with Crippen molar-refractivity contribution in [3.05, 3.63) is 53.5 Å². The van der Waals surface area contributed by atoms with Crippen LogP contribution in [-0.4, -0.2) is 18.2 Å². The lowest BCUT2D eigenvalue weighted by atomic mass is 9.82. The SMILES string of the molecule is CC1=CB(O)OC(/C=C/c2ccccc2)C1. The Morgan fingerprint density at radius 2 is 2.12 bits per heavy atom. The molecular weight excluding hydrogens is 199 g/mol. The highest BCUT2D eigenvalue weighted by atomic mass is 16.5. The molecule has 1 aliphatic rings. The Hall–Kier alpha value is -1.32. The first-order chi connectivity index (χ1) is 7.74. The van der Waals surface area contributed by atoms with E-state index in [1.807, 2.05) is 49.4 Å². The van der Waals surface area contributed by atoms with Crippen LogP contribution in [0.2, 0.25) is 0 Å². The highest BCUT2D eigenvalue weighted by Crippen LogP contribution is 2.17. The van der Waals surface area contributed by atoms with Gasteiger partial charge in [0, 0.05) is 0 Å². The summed E-state index contributed by atoms with van der Waals surface area (Å²) in [6.07, 6.45) is 4.84. The molecule has 0 spiro atoms. The first kappa shape index (κ1) is 11.2. The Kier molecular flexibility index (Phi) is 3.60. The molecule has 1 N–H and O–H groups in total. The number of rotatable bonds is 2. The van der Waals surface area contributed by atoms with Crippen LogP contribution in [0.15, 0.2) is 48.0 Å². The minimum Gasteiger partial charge on any atom is -0.423 e. The van der Waals surface area contributed by atoms with Gasteiger partial charge in [-0.2, -0.15) is 0 Å². The first-order valence-corrected chi connectivity index (χ1v) is 5.48. The molecule has 0 fully saturated rings. The van der Waals surface area contributed by atoms with Gasteiger partial charge in [-0.25, -0.2) is 0 Å². The molecule has 0 saturated heterocycles. The van der Waals surface area contributed by atoms with E-state index in [2.05, 4.69) is 0 Å². The monoisotopic (exact) mass is 214 g/mol. The third-order valence-corrected chi connectivity index (χ3v) is 2.57. The lowest BCUT2D eigenvalue weighted by Gasteiger charge is -2.21. The van der Waals surface area contributed by atoms with Crippen molar-refractivity contribution in [1.82, 2.24) is 0 Å². The standard InChI is InChI=1S/C13H15BO2/c1-11-9-13(16-14(15)10-11)8-7-12-5-3-2-4-6-12/h2-8,10,13,15H,9H2,1H3/b8-7+.